The summed E-state index contributed by atoms with van der Waals surface area (Å²) in [7, 11) is 0. The van der Waals surface area contributed by atoms with Crippen molar-refractivity contribution in [3.05, 3.63) is 58.7 Å². The monoisotopic (exact) mass is 260 g/mol. The van der Waals surface area contributed by atoms with Gasteiger partial charge in [-0.15, -0.1) is 0 Å². The molecule has 0 saturated carbocycles. The Morgan fingerprint density at radius 3 is 2.20 bits per heavy atom. The van der Waals surface area contributed by atoms with Gasteiger partial charge in [0.1, 0.15) is 0 Å². The first-order valence-corrected chi connectivity index (χ1v) is 7.68. The summed E-state index contributed by atoms with van der Waals surface area (Å²) in [4.78, 5) is 0. The molecule has 3 aromatic rings. The van der Waals surface area contributed by atoms with Crippen LogP contribution in [0.2, 0.25) is 0 Å². The molecule has 20 heavy (non-hydrogen) atoms. The smallest absolute Gasteiger partial charge is 0.00734 e. The third kappa shape index (κ3) is 1.67. The highest BCUT2D eigenvalue weighted by Gasteiger charge is 2.12. The first-order chi connectivity index (χ1) is 9.74. The zero-order valence-electron chi connectivity index (χ0n) is 12.3. The molecule has 0 heterocycles. The van der Waals surface area contributed by atoms with Crippen molar-refractivity contribution >= 4 is 21.5 Å². The predicted octanol–water partition coefficient (Wildman–Crippen LogP) is 5.49. The third-order valence-corrected chi connectivity index (χ3v) is 4.99. The highest BCUT2D eigenvalue weighted by molar-refractivity contribution is 6.09. The average Bonchev–Trinajstić information content (AvgIpc) is 2.48. The van der Waals surface area contributed by atoms with Gasteiger partial charge in [-0.1, -0.05) is 36.4 Å². The molecule has 0 aromatic heterocycles. The van der Waals surface area contributed by atoms with Gasteiger partial charge in [0.05, 0.1) is 0 Å². The Balaban J connectivity index is 2.15. The van der Waals surface area contributed by atoms with Crippen molar-refractivity contribution in [1.82, 2.24) is 0 Å². The van der Waals surface area contributed by atoms with E-state index < -0.39 is 0 Å². The zero-order valence-corrected chi connectivity index (χ0v) is 12.3. The van der Waals surface area contributed by atoms with Crippen molar-refractivity contribution in [2.75, 3.05) is 0 Å². The minimum atomic E-state index is 1.26. The lowest BCUT2D eigenvalue weighted by Gasteiger charge is -2.18. The van der Waals surface area contributed by atoms with Gasteiger partial charge < -0.3 is 0 Å². The Labute approximate surface area is 120 Å². The summed E-state index contributed by atoms with van der Waals surface area (Å²) in [5, 5.41) is 5.68. The Morgan fingerprint density at radius 1 is 0.750 bits per heavy atom. The van der Waals surface area contributed by atoms with Gasteiger partial charge in [-0.25, -0.2) is 0 Å². The third-order valence-electron chi connectivity index (χ3n) is 4.99. The van der Waals surface area contributed by atoms with Crippen LogP contribution in [0.15, 0.2) is 36.4 Å². The predicted molar refractivity (Wildman–Crippen MR) is 87.6 cm³/mol. The fourth-order valence-corrected chi connectivity index (χ4v) is 3.67. The number of fused-ring (bicyclic) bond motifs is 4. The molecule has 0 radical (unpaired) electrons. The molecular formula is C20H20. The number of rotatable bonds is 0. The van der Waals surface area contributed by atoms with Crippen molar-refractivity contribution in [2.45, 2.75) is 39.5 Å². The van der Waals surface area contributed by atoms with Gasteiger partial charge in [-0.05, 0) is 83.3 Å². The highest BCUT2D eigenvalue weighted by atomic mass is 14.2. The molecular weight excluding hydrogens is 240 g/mol. The van der Waals surface area contributed by atoms with E-state index in [0.717, 1.165) is 0 Å². The van der Waals surface area contributed by atoms with E-state index in [9.17, 15) is 0 Å². The van der Waals surface area contributed by atoms with Crippen LogP contribution in [0.1, 0.15) is 35.1 Å². The van der Waals surface area contributed by atoms with E-state index in [4.69, 9.17) is 0 Å². The average molecular weight is 260 g/mol. The maximum atomic E-state index is 2.47. The second-order valence-electron chi connectivity index (χ2n) is 6.22. The van der Waals surface area contributed by atoms with Crippen molar-refractivity contribution < 1.29 is 0 Å². The second kappa shape index (κ2) is 4.34. The molecule has 0 amide bonds. The largest absolute Gasteiger partial charge is 0.0584 e. The fourth-order valence-electron chi connectivity index (χ4n) is 3.67. The molecule has 0 spiro atoms. The molecule has 0 unspecified atom stereocenters. The number of hydrogen-bond acceptors (Lipinski definition) is 0. The summed E-state index contributed by atoms with van der Waals surface area (Å²) < 4.78 is 0. The molecule has 0 nitrogen and oxygen atoms in total. The number of aryl methyl sites for hydroxylation is 4. The number of benzene rings is 3. The summed E-state index contributed by atoms with van der Waals surface area (Å²) in [6.45, 7) is 4.47. The topological polar surface area (TPSA) is 0 Å². The lowest BCUT2D eigenvalue weighted by atomic mass is 9.87. The summed E-state index contributed by atoms with van der Waals surface area (Å²) in [5.41, 5.74) is 5.98. The van der Waals surface area contributed by atoms with Crippen LogP contribution in [0.25, 0.3) is 21.5 Å². The van der Waals surface area contributed by atoms with Crippen LogP contribution in [-0.2, 0) is 12.8 Å². The molecule has 1 aliphatic carbocycles. The Morgan fingerprint density at radius 2 is 1.40 bits per heavy atom. The van der Waals surface area contributed by atoms with Crippen LogP contribution in [0.3, 0.4) is 0 Å². The molecule has 0 atom stereocenters. The SMILES string of the molecule is Cc1ccc2ccc3cc4c(cc3c2c1C)CCCC4. The lowest BCUT2D eigenvalue weighted by molar-refractivity contribution is 0.687. The Kier molecular flexibility index (Phi) is 2.60. The van der Waals surface area contributed by atoms with Gasteiger partial charge in [-0.3, -0.25) is 0 Å². The van der Waals surface area contributed by atoms with E-state index >= 15 is 0 Å². The standard InChI is InChI=1S/C20H20/c1-13-7-8-15-9-10-18-11-16-5-3-4-6-17(16)12-19(18)20(15)14(13)2/h7-12H,3-6H2,1-2H3. The first kappa shape index (κ1) is 12.0. The quantitative estimate of drug-likeness (QED) is 0.469. The minimum Gasteiger partial charge on any atom is -0.0584 e. The summed E-state index contributed by atoms with van der Waals surface area (Å²) in [6, 6.07) is 14.0. The fraction of sp³-hybridized carbons (Fsp3) is 0.300. The molecule has 3 aromatic carbocycles. The van der Waals surface area contributed by atoms with Gasteiger partial charge in [0.15, 0.2) is 0 Å². The van der Waals surface area contributed by atoms with E-state index in [0.29, 0.717) is 0 Å². The van der Waals surface area contributed by atoms with E-state index in [-0.39, 0.29) is 0 Å². The Bertz CT molecular complexity index is 824. The van der Waals surface area contributed by atoms with Crippen molar-refractivity contribution in [3.8, 4) is 0 Å². The number of hydrogen-bond donors (Lipinski definition) is 0. The van der Waals surface area contributed by atoms with E-state index in [1.807, 2.05) is 0 Å². The van der Waals surface area contributed by atoms with Crippen LogP contribution in [0.4, 0.5) is 0 Å². The second-order valence-corrected chi connectivity index (χ2v) is 6.22. The molecule has 4 rings (SSSR count). The van der Waals surface area contributed by atoms with Crippen molar-refractivity contribution in [1.29, 1.82) is 0 Å². The zero-order chi connectivity index (χ0) is 13.7. The van der Waals surface area contributed by atoms with Crippen LogP contribution in [0.5, 0.6) is 0 Å². The van der Waals surface area contributed by atoms with Crippen LogP contribution in [0, 0.1) is 13.8 Å². The molecule has 0 N–H and O–H groups in total. The lowest BCUT2D eigenvalue weighted by Crippen LogP contribution is -2.02. The molecule has 1 aliphatic rings. The van der Waals surface area contributed by atoms with Gasteiger partial charge in [0.25, 0.3) is 0 Å². The van der Waals surface area contributed by atoms with E-state index in [1.54, 1.807) is 11.1 Å². The molecule has 0 aliphatic heterocycles. The van der Waals surface area contributed by atoms with Crippen LogP contribution >= 0.6 is 0 Å². The minimum absolute atomic E-state index is 1.26. The normalized spacial score (nSPS) is 14.7. The van der Waals surface area contributed by atoms with Crippen molar-refractivity contribution in [3.63, 3.8) is 0 Å². The van der Waals surface area contributed by atoms with Gasteiger partial charge >= 0.3 is 0 Å². The van der Waals surface area contributed by atoms with E-state index in [2.05, 4.69) is 50.2 Å². The summed E-state index contributed by atoms with van der Waals surface area (Å²) in [6.07, 6.45) is 5.22. The van der Waals surface area contributed by atoms with E-state index in [1.165, 1.54) is 58.4 Å². The summed E-state index contributed by atoms with van der Waals surface area (Å²) >= 11 is 0. The maximum absolute atomic E-state index is 2.47. The molecule has 100 valence electrons. The van der Waals surface area contributed by atoms with Gasteiger partial charge in [0.2, 0.25) is 0 Å². The molecule has 0 saturated heterocycles. The molecule has 0 bridgehead atoms. The maximum Gasteiger partial charge on any atom is -0.00734 e. The van der Waals surface area contributed by atoms with Crippen LogP contribution in [-0.4, -0.2) is 0 Å². The first-order valence-electron chi connectivity index (χ1n) is 7.68. The van der Waals surface area contributed by atoms with Crippen molar-refractivity contribution in [2.24, 2.45) is 0 Å². The molecule has 0 heteroatoms. The molecule has 0 fully saturated rings. The van der Waals surface area contributed by atoms with Gasteiger partial charge in [0, 0.05) is 0 Å². The summed E-state index contributed by atoms with van der Waals surface area (Å²) in [5.74, 6) is 0. The van der Waals surface area contributed by atoms with Gasteiger partial charge in [-0.2, -0.15) is 0 Å². The van der Waals surface area contributed by atoms with Crippen LogP contribution < -0.4 is 0 Å². The highest BCUT2D eigenvalue weighted by Crippen LogP contribution is 2.33. The Hall–Kier alpha value is -1.82.